The summed E-state index contributed by atoms with van der Waals surface area (Å²) in [6.45, 7) is 25.6. The Morgan fingerprint density at radius 1 is 0.293 bits per heavy atom. The van der Waals surface area contributed by atoms with E-state index in [9.17, 15) is 0 Å². The minimum absolute atomic E-state index is 0. The fourth-order valence-electron chi connectivity index (χ4n) is 5.72. The third-order valence-electron chi connectivity index (χ3n) is 9.46. The van der Waals surface area contributed by atoms with Crippen LogP contribution in [0.3, 0.4) is 0 Å². The fourth-order valence-corrected chi connectivity index (χ4v) is 5.72. The quantitative estimate of drug-likeness (QED) is 0.130. The third kappa shape index (κ3) is 4.90. The van der Waals surface area contributed by atoms with Crippen LogP contribution in [-0.4, -0.2) is 19.9 Å². The molecular weight excluding hydrogens is 552 g/mol. The van der Waals surface area contributed by atoms with E-state index in [1.54, 1.807) is 0 Å². The topological polar surface area (TPSA) is 51.6 Å². The van der Waals surface area contributed by atoms with Gasteiger partial charge in [-0.15, -0.1) is 0 Å². The first-order valence-corrected chi connectivity index (χ1v) is 14.1. The van der Waals surface area contributed by atoms with Crippen molar-refractivity contribution >= 4 is 43.6 Å². The van der Waals surface area contributed by atoms with Crippen molar-refractivity contribution in [3.05, 3.63) is 91.5 Å². The Labute approximate surface area is 254 Å². The van der Waals surface area contributed by atoms with Crippen molar-refractivity contribution in [2.45, 2.75) is 83.1 Å². The molecule has 5 heteroatoms. The van der Waals surface area contributed by atoms with Crippen molar-refractivity contribution in [1.29, 1.82) is 0 Å². The van der Waals surface area contributed by atoms with Crippen LogP contribution in [0.4, 0.5) is 0 Å². The summed E-state index contributed by atoms with van der Waals surface area (Å²) in [4.78, 5) is 19.3. The van der Waals surface area contributed by atoms with Crippen molar-refractivity contribution in [1.82, 2.24) is 19.9 Å². The summed E-state index contributed by atoms with van der Waals surface area (Å²) in [5.74, 6) is 0. The van der Waals surface area contributed by atoms with Gasteiger partial charge in [0, 0.05) is 44.3 Å². The molecule has 0 saturated carbocycles. The molecule has 6 aromatic rings. The molecule has 0 amide bonds. The number of aromatic nitrogens is 4. The maximum absolute atomic E-state index is 4.81. The van der Waals surface area contributed by atoms with Crippen LogP contribution < -0.4 is 0 Å². The molecule has 6 rings (SSSR count). The molecule has 0 unspecified atom stereocenters. The number of aryl methyl sites for hydroxylation is 8. The number of hydrogen-bond donors (Lipinski definition) is 0. The predicted octanol–water partition coefficient (Wildman–Crippen LogP) is 9.26. The first-order valence-electron chi connectivity index (χ1n) is 14.1. The number of pyridine rings is 4. The van der Waals surface area contributed by atoms with Crippen molar-refractivity contribution < 1.29 is 17.1 Å². The van der Waals surface area contributed by atoms with Gasteiger partial charge in [-0.05, 0) is 128 Å². The van der Waals surface area contributed by atoms with Crippen LogP contribution in [0, 0.1) is 83.1 Å². The van der Waals surface area contributed by atoms with Crippen LogP contribution >= 0.6 is 0 Å². The van der Waals surface area contributed by atoms with Crippen LogP contribution in [0.1, 0.15) is 67.3 Å². The van der Waals surface area contributed by atoms with Gasteiger partial charge in [0.15, 0.2) is 0 Å². The van der Waals surface area contributed by atoms with E-state index < -0.39 is 0 Å². The van der Waals surface area contributed by atoms with Gasteiger partial charge in [0.2, 0.25) is 0 Å². The maximum atomic E-state index is 4.81. The summed E-state index contributed by atoms with van der Waals surface area (Å²) in [7, 11) is 0. The molecule has 0 N–H and O–H groups in total. The number of benzene rings is 2. The van der Waals surface area contributed by atoms with Crippen LogP contribution in [0.2, 0.25) is 0 Å². The molecule has 0 fully saturated rings. The van der Waals surface area contributed by atoms with Crippen LogP contribution in [-0.2, 0) is 17.1 Å². The van der Waals surface area contributed by atoms with Gasteiger partial charge in [-0.1, -0.05) is 24.3 Å². The fraction of sp³-hybridized carbons (Fsp3) is 0.333. The number of fused-ring (bicyclic) bond motifs is 6. The number of hydrogen-bond acceptors (Lipinski definition) is 4. The summed E-state index contributed by atoms with van der Waals surface area (Å²) in [5, 5.41) is 4.87. The Kier molecular flexibility index (Phi) is 8.28. The summed E-state index contributed by atoms with van der Waals surface area (Å²) < 4.78 is 0. The molecule has 41 heavy (non-hydrogen) atoms. The average Bonchev–Trinajstić information content (AvgIpc) is 2.93. The zero-order valence-electron chi connectivity index (χ0n) is 26.4. The molecule has 4 heterocycles. The van der Waals surface area contributed by atoms with Gasteiger partial charge in [-0.25, -0.2) is 0 Å². The molecule has 4 nitrogen and oxygen atoms in total. The SMILES string of the molecule is Cc1nc2c(ccc3c(C)c(C)c(C)nc32)c(C)c1C.Cc1nc2c(ccc3c(C)c(C)c(C)nc32)c(C)c1C.[Cu+]. The summed E-state index contributed by atoms with van der Waals surface area (Å²) >= 11 is 0. The summed E-state index contributed by atoms with van der Waals surface area (Å²) in [5.41, 5.74) is 18.9. The molecule has 0 atom stereocenters. The van der Waals surface area contributed by atoms with Crippen molar-refractivity contribution in [3.63, 3.8) is 0 Å². The molecule has 0 aliphatic rings. The van der Waals surface area contributed by atoms with Crippen molar-refractivity contribution in [2.75, 3.05) is 0 Å². The average molecular weight is 592 g/mol. The second kappa shape index (κ2) is 11.1. The van der Waals surface area contributed by atoms with Gasteiger partial charge < -0.3 is 0 Å². The van der Waals surface area contributed by atoms with Gasteiger partial charge in [-0.2, -0.15) is 0 Å². The van der Waals surface area contributed by atoms with Gasteiger partial charge in [0.25, 0.3) is 0 Å². The van der Waals surface area contributed by atoms with Gasteiger partial charge in [-0.3, -0.25) is 19.9 Å². The molecular formula is C36H40CuN4+. The van der Waals surface area contributed by atoms with Gasteiger partial charge in [0.05, 0.1) is 22.1 Å². The molecule has 0 spiro atoms. The van der Waals surface area contributed by atoms with E-state index in [2.05, 4.69) is 107 Å². The second-order valence-corrected chi connectivity index (χ2v) is 11.5. The third-order valence-corrected chi connectivity index (χ3v) is 9.46. The summed E-state index contributed by atoms with van der Waals surface area (Å²) in [6, 6.07) is 8.76. The molecule has 2 aromatic carbocycles. The first kappa shape index (κ1) is 30.6. The van der Waals surface area contributed by atoms with Crippen LogP contribution in [0.15, 0.2) is 24.3 Å². The summed E-state index contributed by atoms with van der Waals surface area (Å²) in [6.07, 6.45) is 0. The largest absolute Gasteiger partial charge is 1.00 e. The maximum Gasteiger partial charge on any atom is 1.00 e. The van der Waals surface area contributed by atoms with Crippen LogP contribution in [0.25, 0.3) is 43.6 Å². The van der Waals surface area contributed by atoms with Gasteiger partial charge >= 0.3 is 17.1 Å². The molecule has 4 aromatic heterocycles. The van der Waals surface area contributed by atoms with Gasteiger partial charge in [0.1, 0.15) is 0 Å². The molecule has 0 aliphatic carbocycles. The Morgan fingerprint density at radius 2 is 0.463 bits per heavy atom. The Morgan fingerprint density at radius 3 is 0.634 bits per heavy atom. The molecule has 0 radical (unpaired) electrons. The Balaban J connectivity index is 0.000000184. The van der Waals surface area contributed by atoms with E-state index in [1.807, 2.05) is 0 Å². The van der Waals surface area contributed by atoms with E-state index >= 15 is 0 Å². The molecule has 0 aliphatic heterocycles. The smallest absolute Gasteiger partial charge is 0.251 e. The normalized spacial score (nSPS) is 11.2. The Hall–Kier alpha value is -3.40. The second-order valence-electron chi connectivity index (χ2n) is 11.5. The molecule has 214 valence electrons. The minimum atomic E-state index is 0. The van der Waals surface area contributed by atoms with E-state index in [1.165, 1.54) is 66.1 Å². The van der Waals surface area contributed by atoms with E-state index in [0.29, 0.717) is 0 Å². The standard InChI is InChI=1S/2C18H20N2.Cu/c2*1-9-11(3)15-7-8-16-12(4)10(2)14(6)20-18(16)17(15)19-13(9)5;/h2*7-8H,1-6H3;/q;;+1. The predicted molar refractivity (Wildman–Crippen MR) is 171 cm³/mol. The minimum Gasteiger partial charge on any atom is -0.251 e. The van der Waals surface area contributed by atoms with Crippen molar-refractivity contribution in [3.8, 4) is 0 Å². The van der Waals surface area contributed by atoms with Crippen LogP contribution in [0.5, 0.6) is 0 Å². The van der Waals surface area contributed by atoms with E-state index in [-0.39, 0.29) is 17.1 Å². The number of rotatable bonds is 0. The zero-order chi connectivity index (χ0) is 29.2. The first-order chi connectivity index (χ1) is 18.8. The zero-order valence-corrected chi connectivity index (χ0v) is 27.3. The Bertz CT molecular complexity index is 1730. The van der Waals surface area contributed by atoms with Crippen molar-refractivity contribution in [2.24, 2.45) is 0 Å². The van der Waals surface area contributed by atoms with E-state index in [4.69, 9.17) is 19.9 Å². The molecule has 0 bridgehead atoms. The monoisotopic (exact) mass is 591 g/mol. The van der Waals surface area contributed by atoms with E-state index in [0.717, 1.165) is 44.8 Å². The molecule has 0 saturated heterocycles. The number of nitrogens with zero attached hydrogens (tertiary/aromatic N) is 4.